The fourth-order valence-corrected chi connectivity index (χ4v) is 2.94. The lowest BCUT2D eigenvalue weighted by atomic mass is 10.2. The topological polar surface area (TPSA) is 64.7 Å². The van der Waals surface area contributed by atoms with Gasteiger partial charge in [0.2, 0.25) is 5.91 Å². The van der Waals surface area contributed by atoms with Gasteiger partial charge in [-0.1, -0.05) is 24.3 Å². The van der Waals surface area contributed by atoms with Crippen molar-refractivity contribution < 1.29 is 18.4 Å². The molecule has 1 heterocycles. The Balaban J connectivity index is 1.45. The van der Waals surface area contributed by atoms with E-state index in [2.05, 4.69) is 10.6 Å². The van der Waals surface area contributed by atoms with E-state index in [4.69, 9.17) is 0 Å². The lowest BCUT2D eigenvalue weighted by Crippen LogP contribution is -2.50. The molecule has 8 heteroatoms. The summed E-state index contributed by atoms with van der Waals surface area (Å²) < 4.78 is 27.3. The van der Waals surface area contributed by atoms with Crippen molar-refractivity contribution in [2.45, 2.75) is 0 Å². The number of anilines is 2. The van der Waals surface area contributed by atoms with Crippen molar-refractivity contribution in [1.82, 2.24) is 10.2 Å². The Hall–Kier alpha value is -3.00. The first kappa shape index (κ1) is 18.8. The minimum absolute atomic E-state index is 0.00121. The van der Waals surface area contributed by atoms with Crippen LogP contribution >= 0.6 is 0 Å². The lowest BCUT2D eigenvalue weighted by molar-refractivity contribution is -0.121. The average molecular weight is 374 g/mol. The molecule has 0 atom stereocenters. The molecule has 27 heavy (non-hydrogen) atoms. The summed E-state index contributed by atoms with van der Waals surface area (Å²) in [4.78, 5) is 27.6. The van der Waals surface area contributed by atoms with E-state index in [-0.39, 0.29) is 18.0 Å². The van der Waals surface area contributed by atoms with Gasteiger partial charge in [-0.05, 0) is 24.3 Å². The largest absolute Gasteiger partial charge is 0.367 e. The minimum atomic E-state index is -0.782. The second-order valence-electron chi connectivity index (χ2n) is 6.20. The molecule has 0 radical (unpaired) electrons. The van der Waals surface area contributed by atoms with Crippen LogP contribution in [0.15, 0.2) is 48.5 Å². The van der Waals surface area contributed by atoms with Gasteiger partial charge in [0.15, 0.2) is 0 Å². The second kappa shape index (κ2) is 8.59. The fraction of sp³-hybridized carbons (Fsp3) is 0.263. The molecule has 2 aromatic rings. The standard InChI is InChI=1S/C19H20F2N4O2/c20-14-5-1-3-7-16(14)22-19(27)23-18(26)13-24-9-11-25(12-10-24)17-8-4-2-6-15(17)21/h1-8H,9-13H2,(H2,22,23,26,27). The third-order valence-corrected chi connectivity index (χ3v) is 4.31. The highest BCUT2D eigenvalue weighted by atomic mass is 19.1. The first-order chi connectivity index (χ1) is 13.0. The van der Waals surface area contributed by atoms with Crippen LogP contribution in [0.5, 0.6) is 0 Å². The van der Waals surface area contributed by atoms with Crippen LogP contribution in [0.1, 0.15) is 0 Å². The van der Waals surface area contributed by atoms with Crippen molar-refractivity contribution in [2.24, 2.45) is 0 Å². The Morgan fingerprint density at radius 2 is 1.52 bits per heavy atom. The maximum Gasteiger partial charge on any atom is 0.326 e. The van der Waals surface area contributed by atoms with Gasteiger partial charge in [0, 0.05) is 26.2 Å². The van der Waals surface area contributed by atoms with Gasteiger partial charge in [0.05, 0.1) is 17.9 Å². The molecule has 0 bridgehead atoms. The van der Waals surface area contributed by atoms with E-state index >= 15 is 0 Å². The number of nitrogens with one attached hydrogen (secondary N) is 2. The summed E-state index contributed by atoms with van der Waals surface area (Å²) >= 11 is 0. The van der Waals surface area contributed by atoms with Crippen LogP contribution in [0.2, 0.25) is 0 Å². The predicted molar refractivity (Wildman–Crippen MR) is 98.6 cm³/mol. The molecule has 1 aliphatic heterocycles. The van der Waals surface area contributed by atoms with Crippen molar-refractivity contribution in [2.75, 3.05) is 42.9 Å². The van der Waals surface area contributed by atoms with Gasteiger partial charge in [-0.15, -0.1) is 0 Å². The van der Waals surface area contributed by atoms with Gasteiger partial charge in [0.25, 0.3) is 0 Å². The monoisotopic (exact) mass is 374 g/mol. The van der Waals surface area contributed by atoms with Gasteiger partial charge in [-0.2, -0.15) is 0 Å². The number of imide groups is 1. The van der Waals surface area contributed by atoms with Gasteiger partial charge in [-0.25, -0.2) is 13.6 Å². The Morgan fingerprint density at radius 1 is 0.889 bits per heavy atom. The van der Waals surface area contributed by atoms with Crippen molar-refractivity contribution in [3.63, 3.8) is 0 Å². The number of hydrogen-bond acceptors (Lipinski definition) is 4. The summed E-state index contributed by atoms with van der Waals surface area (Å²) in [5.74, 6) is -1.33. The number of rotatable bonds is 4. The molecule has 3 amide bonds. The molecule has 3 rings (SSSR count). The number of carbonyl (C=O) groups is 2. The van der Waals surface area contributed by atoms with E-state index in [0.717, 1.165) is 0 Å². The Kier molecular flexibility index (Phi) is 5.97. The maximum atomic E-state index is 13.8. The summed E-state index contributed by atoms with van der Waals surface area (Å²) in [6, 6.07) is 11.5. The van der Waals surface area contributed by atoms with E-state index < -0.39 is 17.8 Å². The zero-order valence-corrected chi connectivity index (χ0v) is 14.6. The molecule has 2 N–H and O–H groups in total. The number of urea groups is 1. The first-order valence-electron chi connectivity index (χ1n) is 8.60. The van der Waals surface area contributed by atoms with Gasteiger partial charge in [0.1, 0.15) is 11.6 Å². The molecule has 0 saturated carbocycles. The average Bonchev–Trinajstić information content (AvgIpc) is 2.65. The van der Waals surface area contributed by atoms with Gasteiger partial charge in [-0.3, -0.25) is 15.0 Å². The van der Waals surface area contributed by atoms with Crippen LogP contribution in [0.3, 0.4) is 0 Å². The van der Waals surface area contributed by atoms with Crippen LogP contribution in [0, 0.1) is 11.6 Å². The SMILES string of the molecule is O=C(CN1CCN(c2ccccc2F)CC1)NC(=O)Nc1ccccc1F. The summed E-state index contributed by atoms with van der Waals surface area (Å²) in [7, 11) is 0. The summed E-state index contributed by atoms with van der Waals surface area (Å²) in [5, 5.41) is 4.48. The Labute approximate surface area is 155 Å². The molecule has 1 saturated heterocycles. The highest BCUT2D eigenvalue weighted by Gasteiger charge is 2.21. The third-order valence-electron chi connectivity index (χ3n) is 4.31. The molecule has 142 valence electrons. The number of piperazine rings is 1. The molecule has 0 unspecified atom stereocenters. The zero-order chi connectivity index (χ0) is 19.2. The summed E-state index contributed by atoms with van der Waals surface area (Å²) in [6.07, 6.45) is 0. The molecule has 1 fully saturated rings. The smallest absolute Gasteiger partial charge is 0.326 e. The van der Waals surface area contributed by atoms with E-state index in [0.29, 0.717) is 31.9 Å². The van der Waals surface area contributed by atoms with E-state index in [1.165, 1.54) is 24.3 Å². The lowest BCUT2D eigenvalue weighted by Gasteiger charge is -2.35. The molecule has 2 aromatic carbocycles. The number of nitrogens with zero attached hydrogens (tertiary/aromatic N) is 2. The molecular weight excluding hydrogens is 354 g/mol. The first-order valence-corrected chi connectivity index (χ1v) is 8.60. The van der Waals surface area contributed by atoms with E-state index in [9.17, 15) is 18.4 Å². The van der Waals surface area contributed by atoms with Gasteiger partial charge < -0.3 is 10.2 Å². The number of para-hydroxylation sites is 2. The highest BCUT2D eigenvalue weighted by Crippen LogP contribution is 2.20. The molecule has 1 aliphatic rings. The molecule has 0 spiro atoms. The van der Waals surface area contributed by atoms with Crippen LogP contribution in [-0.2, 0) is 4.79 Å². The number of halogens is 2. The number of carbonyl (C=O) groups excluding carboxylic acids is 2. The van der Waals surface area contributed by atoms with Crippen molar-refractivity contribution in [3.8, 4) is 0 Å². The molecule has 6 nitrogen and oxygen atoms in total. The Morgan fingerprint density at radius 3 is 2.19 bits per heavy atom. The number of benzene rings is 2. The van der Waals surface area contributed by atoms with Gasteiger partial charge >= 0.3 is 6.03 Å². The zero-order valence-electron chi connectivity index (χ0n) is 14.6. The normalized spacial score (nSPS) is 14.7. The van der Waals surface area contributed by atoms with Crippen molar-refractivity contribution in [1.29, 1.82) is 0 Å². The summed E-state index contributed by atoms with van der Waals surface area (Å²) in [6.45, 7) is 2.33. The highest BCUT2D eigenvalue weighted by molar-refractivity contribution is 6.01. The molecular formula is C19H20F2N4O2. The van der Waals surface area contributed by atoms with Crippen LogP contribution in [-0.4, -0.2) is 49.6 Å². The number of amides is 3. The van der Waals surface area contributed by atoms with E-state index in [1.54, 1.807) is 24.3 Å². The second-order valence-corrected chi connectivity index (χ2v) is 6.20. The minimum Gasteiger partial charge on any atom is -0.367 e. The van der Waals surface area contributed by atoms with Crippen LogP contribution in [0.4, 0.5) is 25.0 Å². The predicted octanol–water partition coefficient (Wildman–Crippen LogP) is 2.44. The van der Waals surface area contributed by atoms with Crippen LogP contribution in [0.25, 0.3) is 0 Å². The summed E-state index contributed by atoms with van der Waals surface area (Å²) in [5.41, 5.74) is 0.548. The molecule has 0 aliphatic carbocycles. The van der Waals surface area contributed by atoms with Crippen LogP contribution < -0.4 is 15.5 Å². The fourth-order valence-electron chi connectivity index (χ4n) is 2.94. The van der Waals surface area contributed by atoms with Crippen molar-refractivity contribution >= 4 is 23.3 Å². The van der Waals surface area contributed by atoms with Crippen molar-refractivity contribution in [3.05, 3.63) is 60.2 Å². The molecule has 0 aromatic heterocycles. The van der Waals surface area contributed by atoms with E-state index in [1.807, 2.05) is 9.80 Å². The Bertz CT molecular complexity index is 823. The quantitative estimate of drug-likeness (QED) is 0.863. The number of hydrogen-bond donors (Lipinski definition) is 2. The maximum absolute atomic E-state index is 13.8. The third kappa shape index (κ3) is 5.01.